The average Bonchev–Trinajstić information content (AvgIpc) is 3.39. The van der Waals surface area contributed by atoms with Crippen LogP contribution in [0.5, 0.6) is 5.75 Å². The van der Waals surface area contributed by atoms with Crippen LogP contribution in [0.3, 0.4) is 0 Å². The summed E-state index contributed by atoms with van der Waals surface area (Å²) in [5.74, 6) is 1.05. The van der Waals surface area contributed by atoms with Crippen molar-refractivity contribution >= 4 is 17.5 Å². The summed E-state index contributed by atoms with van der Waals surface area (Å²) >= 11 is 5.84. The van der Waals surface area contributed by atoms with Crippen LogP contribution < -0.4 is 4.74 Å². The van der Waals surface area contributed by atoms with Crippen molar-refractivity contribution in [3.05, 3.63) is 64.8 Å². The first-order valence-corrected chi connectivity index (χ1v) is 10.7. The zero-order valence-corrected chi connectivity index (χ0v) is 17.9. The molecule has 0 spiro atoms. The molecule has 0 bridgehead atoms. The van der Waals surface area contributed by atoms with Crippen molar-refractivity contribution in [3.8, 4) is 17.1 Å². The normalized spacial score (nSPS) is 16.2. The number of aromatic nitrogens is 2. The van der Waals surface area contributed by atoms with E-state index in [9.17, 15) is 9.18 Å². The fraction of sp³-hybridized carbons (Fsp3) is 0.348. The topological polar surface area (TPSA) is 68.5 Å². The van der Waals surface area contributed by atoms with Crippen LogP contribution in [0.25, 0.3) is 11.4 Å². The largest absolute Gasteiger partial charge is 0.494 e. The molecule has 1 saturated heterocycles. The molecule has 1 atom stereocenters. The van der Waals surface area contributed by atoms with Crippen LogP contribution in [0.4, 0.5) is 4.39 Å². The van der Waals surface area contributed by atoms with Gasteiger partial charge in [0, 0.05) is 25.1 Å². The second kappa shape index (κ2) is 9.47. The predicted molar refractivity (Wildman–Crippen MR) is 114 cm³/mol. The Bertz CT molecular complexity index is 1050. The number of rotatable bonds is 8. The van der Waals surface area contributed by atoms with Crippen LogP contribution in [0, 0.1) is 5.82 Å². The maximum absolute atomic E-state index is 13.4. The monoisotopic (exact) mass is 443 g/mol. The van der Waals surface area contributed by atoms with Gasteiger partial charge in [0.2, 0.25) is 17.6 Å². The number of amides is 1. The second-order valence-electron chi connectivity index (χ2n) is 7.61. The number of nitrogens with zero attached hydrogens (tertiary/aromatic N) is 3. The van der Waals surface area contributed by atoms with Crippen molar-refractivity contribution in [1.82, 2.24) is 15.0 Å². The Hall–Kier alpha value is -2.93. The first-order chi connectivity index (χ1) is 15.0. The summed E-state index contributed by atoms with van der Waals surface area (Å²) < 4.78 is 24.5. The van der Waals surface area contributed by atoms with Gasteiger partial charge in [-0.3, -0.25) is 4.79 Å². The fourth-order valence-electron chi connectivity index (χ4n) is 3.50. The van der Waals surface area contributed by atoms with Crippen molar-refractivity contribution in [2.45, 2.75) is 38.6 Å². The molecule has 1 unspecified atom stereocenters. The Labute approximate surface area is 185 Å². The number of carbonyl (C=O) groups is 1. The van der Waals surface area contributed by atoms with Crippen LogP contribution in [0.1, 0.15) is 43.6 Å². The van der Waals surface area contributed by atoms with Gasteiger partial charge in [0.1, 0.15) is 11.6 Å². The average molecular weight is 444 g/mol. The molecule has 3 aromatic rings. The van der Waals surface area contributed by atoms with E-state index in [1.807, 2.05) is 24.3 Å². The van der Waals surface area contributed by atoms with E-state index in [0.29, 0.717) is 37.8 Å². The molecule has 0 aliphatic carbocycles. The standard InChI is InChI=1S/C23H23ClFN3O3/c1-2-3-10-30-18-7-5-16(6-8-18)22-26-23(31-27-22)17-12-21(29)28(14-17)13-15-4-9-20(25)19(24)11-15/h4-9,11,17H,2-3,10,12-14H2,1H3. The number of carbonyl (C=O) groups excluding carboxylic acids is 1. The quantitative estimate of drug-likeness (QED) is 0.446. The van der Waals surface area contributed by atoms with E-state index in [0.717, 1.165) is 29.7 Å². The molecule has 2 aromatic carbocycles. The molecule has 0 radical (unpaired) electrons. The molecule has 1 aliphatic rings. The molecule has 8 heteroatoms. The van der Waals surface area contributed by atoms with Gasteiger partial charge >= 0.3 is 0 Å². The van der Waals surface area contributed by atoms with Crippen molar-refractivity contribution in [3.63, 3.8) is 0 Å². The molecule has 1 fully saturated rings. The highest BCUT2D eigenvalue weighted by atomic mass is 35.5. The van der Waals surface area contributed by atoms with E-state index < -0.39 is 5.82 Å². The summed E-state index contributed by atoms with van der Waals surface area (Å²) in [4.78, 5) is 18.6. The minimum atomic E-state index is -0.477. The van der Waals surface area contributed by atoms with Gasteiger partial charge in [-0.15, -0.1) is 0 Å². The number of hydrogen-bond acceptors (Lipinski definition) is 5. The molecule has 1 aliphatic heterocycles. The minimum absolute atomic E-state index is 0.0150. The lowest BCUT2D eigenvalue weighted by molar-refractivity contribution is -0.128. The van der Waals surface area contributed by atoms with Gasteiger partial charge < -0.3 is 14.2 Å². The Balaban J connectivity index is 1.39. The van der Waals surface area contributed by atoms with Crippen molar-refractivity contribution in [2.75, 3.05) is 13.2 Å². The Morgan fingerprint density at radius 1 is 1.26 bits per heavy atom. The summed E-state index contributed by atoms with van der Waals surface area (Å²) in [5.41, 5.74) is 1.59. The van der Waals surface area contributed by atoms with Crippen LogP contribution >= 0.6 is 11.6 Å². The van der Waals surface area contributed by atoms with E-state index in [1.165, 1.54) is 12.1 Å². The second-order valence-corrected chi connectivity index (χ2v) is 8.01. The summed E-state index contributed by atoms with van der Waals surface area (Å²) in [6.07, 6.45) is 2.39. The highest BCUT2D eigenvalue weighted by Crippen LogP contribution is 2.30. The number of benzene rings is 2. The third-order valence-electron chi connectivity index (χ3n) is 5.24. The molecule has 6 nitrogen and oxygen atoms in total. The summed E-state index contributed by atoms with van der Waals surface area (Å²) in [5, 5.41) is 4.12. The van der Waals surface area contributed by atoms with Crippen molar-refractivity contribution in [1.29, 1.82) is 0 Å². The maximum Gasteiger partial charge on any atom is 0.232 e. The smallest absolute Gasteiger partial charge is 0.232 e. The number of likely N-dealkylation sites (tertiary alicyclic amines) is 1. The highest BCUT2D eigenvalue weighted by Gasteiger charge is 2.34. The molecular weight excluding hydrogens is 421 g/mol. The molecule has 4 rings (SSSR count). The van der Waals surface area contributed by atoms with E-state index >= 15 is 0 Å². The SMILES string of the molecule is CCCCOc1ccc(-c2noc(C3CC(=O)N(Cc4ccc(F)c(Cl)c4)C3)n2)cc1. The summed E-state index contributed by atoms with van der Waals surface area (Å²) in [6.45, 7) is 3.63. The molecule has 1 amide bonds. The van der Waals surface area contributed by atoms with Gasteiger partial charge in [0.25, 0.3) is 0 Å². The molecule has 2 heterocycles. The lowest BCUT2D eigenvalue weighted by Gasteiger charge is -2.16. The van der Waals surface area contributed by atoms with E-state index in [2.05, 4.69) is 17.1 Å². The van der Waals surface area contributed by atoms with Gasteiger partial charge in [-0.2, -0.15) is 4.98 Å². The first-order valence-electron chi connectivity index (χ1n) is 10.3. The molecule has 0 saturated carbocycles. The van der Waals surface area contributed by atoms with E-state index in [4.69, 9.17) is 20.9 Å². The number of ether oxygens (including phenoxy) is 1. The number of unbranched alkanes of at least 4 members (excludes halogenated alkanes) is 1. The van der Waals surface area contributed by atoms with Crippen LogP contribution in [-0.4, -0.2) is 34.1 Å². The lowest BCUT2D eigenvalue weighted by atomic mass is 10.1. The lowest BCUT2D eigenvalue weighted by Crippen LogP contribution is -2.24. The van der Waals surface area contributed by atoms with E-state index in [1.54, 1.807) is 11.0 Å². The van der Waals surface area contributed by atoms with Crippen LogP contribution in [-0.2, 0) is 11.3 Å². The third kappa shape index (κ3) is 5.05. The van der Waals surface area contributed by atoms with Crippen molar-refractivity contribution < 1.29 is 18.4 Å². The Morgan fingerprint density at radius 2 is 2.06 bits per heavy atom. The van der Waals surface area contributed by atoms with Crippen molar-refractivity contribution in [2.24, 2.45) is 0 Å². The van der Waals surface area contributed by atoms with Gasteiger partial charge in [-0.05, 0) is 48.4 Å². The predicted octanol–water partition coefficient (Wildman–Crippen LogP) is 5.22. The molecule has 0 N–H and O–H groups in total. The fourth-order valence-corrected chi connectivity index (χ4v) is 3.70. The molecule has 162 valence electrons. The minimum Gasteiger partial charge on any atom is -0.494 e. The zero-order chi connectivity index (χ0) is 21.8. The summed E-state index contributed by atoms with van der Waals surface area (Å²) in [7, 11) is 0. The van der Waals surface area contributed by atoms with Gasteiger partial charge in [-0.25, -0.2) is 4.39 Å². The van der Waals surface area contributed by atoms with Gasteiger partial charge in [0.05, 0.1) is 17.5 Å². The van der Waals surface area contributed by atoms with Crippen LogP contribution in [0.2, 0.25) is 5.02 Å². The van der Waals surface area contributed by atoms with Gasteiger partial charge in [-0.1, -0.05) is 36.2 Å². The first kappa shape index (κ1) is 21.3. The number of halogens is 2. The molecule has 1 aromatic heterocycles. The summed E-state index contributed by atoms with van der Waals surface area (Å²) in [6, 6.07) is 12.0. The van der Waals surface area contributed by atoms with E-state index in [-0.39, 0.29) is 16.8 Å². The number of hydrogen-bond donors (Lipinski definition) is 0. The molecule has 31 heavy (non-hydrogen) atoms. The van der Waals surface area contributed by atoms with Crippen LogP contribution in [0.15, 0.2) is 47.0 Å². The highest BCUT2D eigenvalue weighted by molar-refractivity contribution is 6.30. The Kier molecular flexibility index (Phi) is 6.51. The molecular formula is C23H23ClFN3O3. The van der Waals surface area contributed by atoms with Gasteiger partial charge in [0.15, 0.2) is 0 Å². The zero-order valence-electron chi connectivity index (χ0n) is 17.2. The maximum atomic E-state index is 13.4. The third-order valence-corrected chi connectivity index (χ3v) is 5.53. The Morgan fingerprint density at radius 3 is 2.81 bits per heavy atom.